The monoisotopic (exact) mass is 332 g/mol. The van der Waals surface area contributed by atoms with Gasteiger partial charge in [0, 0.05) is 16.7 Å². The Morgan fingerprint density at radius 2 is 2.33 bits per heavy atom. The van der Waals surface area contributed by atoms with Gasteiger partial charge in [-0.2, -0.15) is 0 Å². The van der Waals surface area contributed by atoms with E-state index in [0.29, 0.717) is 23.7 Å². The highest BCUT2D eigenvalue weighted by atomic mass is 79.9. The van der Waals surface area contributed by atoms with Gasteiger partial charge in [0.1, 0.15) is 6.10 Å². The van der Waals surface area contributed by atoms with Gasteiger partial charge in [0.2, 0.25) is 0 Å². The molecule has 1 heterocycles. The topological polar surface area (TPSA) is 64.4 Å². The van der Waals surface area contributed by atoms with Crippen molar-refractivity contribution in [2.24, 2.45) is 5.73 Å². The summed E-state index contributed by atoms with van der Waals surface area (Å²) in [4.78, 5) is 11.9. The zero-order valence-electron chi connectivity index (χ0n) is 9.66. The van der Waals surface area contributed by atoms with E-state index in [2.05, 4.69) is 21.2 Å². The molecule has 6 heteroatoms. The Morgan fingerprint density at radius 1 is 1.56 bits per heavy atom. The lowest BCUT2D eigenvalue weighted by molar-refractivity contribution is -0.126. The fourth-order valence-electron chi connectivity index (χ4n) is 1.87. The number of rotatable bonds is 3. The number of halogens is 2. The Morgan fingerprint density at radius 3 is 2.94 bits per heavy atom. The standard InChI is InChI=1S/C12H14BrClN2O2/c13-9-5-7(1-3-10(9)14)16-12(17)11-4-2-8(6-15)18-11/h1,3,5,8,11H,2,4,6,15H2,(H,16,17). The number of amides is 1. The highest BCUT2D eigenvalue weighted by Gasteiger charge is 2.29. The van der Waals surface area contributed by atoms with E-state index in [0.717, 1.165) is 10.9 Å². The van der Waals surface area contributed by atoms with E-state index < -0.39 is 6.10 Å². The van der Waals surface area contributed by atoms with Crippen molar-refractivity contribution in [2.75, 3.05) is 11.9 Å². The Hall–Kier alpha value is -0.620. The van der Waals surface area contributed by atoms with Crippen LogP contribution in [0.25, 0.3) is 0 Å². The Balaban J connectivity index is 1.97. The average Bonchev–Trinajstić information content (AvgIpc) is 2.82. The third kappa shape index (κ3) is 3.23. The Bertz CT molecular complexity index is 456. The Kier molecular flexibility index (Phi) is 4.61. The molecule has 1 aliphatic heterocycles. The summed E-state index contributed by atoms with van der Waals surface area (Å²) < 4.78 is 6.27. The van der Waals surface area contributed by atoms with E-state index >= 15 is 0 Å². The van der Waals surface area contributed by atoms with Gasteiger partial charge in [0.25, 0.3) is 5.91 Å². The maximum atomic E-state index is 11.9. The number of anilines is 1. The van der Waals surface area contributed by atoms with E-state index in [4.69, 9.17) is 22.1 Å². The summed E-state index contributed by atoms with van der Waals surface area (Å²) in [6.07, 6.45) is 1.13. The lowest BCUT2D eigenvalue weighted by Crippen LogP contribution is -2.29. The summed E-state index contributed by atoms with van der Waals surface area (Å²) >= 11 is 9.19. The van der Waals surface area contributed by atoms with Crippen molar-refractivity contribution in [1.82, 2.24) is 0 Å². The molecule has 1 aliphatic rings. The molecule has 0 saturated carbocycles. The van der Waals surface area contributed by atoms with Crippen molar-refractivity contribution < 1.29 is 9.53 Å². The number of hydrogen-bond donors (Lipinski definition) is 2. The van der Waals surface area contributed by atoms with Crippen molar-refractivity contribution in [3.8, 4) is 0 Å². The molecule has 1 aromatic rings. The predicted octanol–water partition coefficient (Wildman–Crippen LogP) is 2.55. The molecule has 18 heavy (non-hydrogen) atoms. The van der Waals surface area contributed by atoms with Gasteiger partial charge < -0.3 is 15.8 Å². The van der Waals surface area contributed by atoms with Gasteiger partial charge in [0.05, 0.1) is 11.1 Å². The summed E-state index contributed by atoms with van der Waals surface area (Å²) in [7, 11) is 0. The fraction of sp³-hybridized carbons (Fsp3) is 0.417. The van der Waals surface area contributed by atoms with Crippen molar-refractivity contribution in [1.29, 1.82) is 0 Å². The van der Waals surface area contributed by atoms with Gasteiger partial charge in [-0.25, -0.2) is 0 Å². The van der Waals surface area contributed by atoms with Crippen molar-refractivity contribution in [3.05, 3.63) is 27.7 Å². The minimum Gasteiger partial charge on any atom is -0.364 e. The molecule has 0 radical (unpaired) electrons. The predicted molar refractivity (Wildman–Crippen MR) is 74.7 cm³/mol. The number of nitrogens with two attached hydrogens (primary N) is 1. The number of nitrogens with one attached hydrogen (secondary N) is 1. The second-order valence-corrected chi connectivity index (χ2v) is 5.44. The number of carbonyl (C=O) groups is 1. The molecule has 0 aromatic heterocycles. The molecule has 0 aliphatic carbocycles. The smallest absolute Gasteiger partial charge is 0.253 e. The molecule has 0 bridgehead atoms. The van der Waals surface area contributed by atoms with E-state index in [9.17, 15) is 4.79 Å². The lowest BCUT2D eigenvalue weighted by atomic mass is 10.2. The van der Waals surface area contributed by atoms with Crippen LogP contribution in [0.1, 0.15) is 12.8 Å². The number of benzene rings is 1. The largest absolute Gasteiger partial charge is 0.364 e. The van der Waals surface area contributed by atoms with Crippen LogP contribution in [-0.4, -0.2) is 24.7 Å². The van der Waals surface area contributed by atoms with Gasteiger partial charge in [-0.15, -0.1) is 0 Å². The molecule has 1 aromatic carbocycles. The minimum absolute atomic E-state index is 0.00213. The molecule has 2 atom stereocenters. The van der Waals surface area contributed by atoms with Crippen LogP contribution in [0.5, 0.6) is 0 Å². The lowest BCUT2D eigenvalue weighted by Gasteiger charge is -2.13. The molecule has 1 saturated heterocycles. The van der Waals surface area contributed by atoms with Crippen LogP contribution in [-0.2, 0) is 9.53 Å². The average molecular weight is 334 g/mol. The third-order valence-electron chi connectivity index (χ3n) is 2.85. The summed E-state index contributed by atoms with van der Waals surface area (Å²) in [5.74, 6) is -0.139. The normalized spacial score (nSPS) is 23.1. The summed E-state index contributed by atoms with van der Waals surface area (Å²) in [5.41, 5.74) is 6.20. The van der Waals surface area contributed by atoms with Gasteiger partial charge in [-0.3, -0.25) is 4.79 Å². The molecule has 0 spiro atoms. The van der Waals surface area contributed by atoms with Gasteiger partial charge in [-0.1, -0.05) is 11.6 Å². The van der Waals surface area contributed by atoms with Crippen LogP contribution in [0.15, 0.2) is 22.7 Å². The molecule has 3 N–H and O–H groups in total. The minimum atomic E-state index is -0.409. The molecular weight excluding hydrogens is 320 g/mol. The van der Waals surface area contributed by atoms with Crippen LogP contribution in [0, 0.1) is 0 Å². The summed E-state index contributed by atoms with van der Waals surface area (Å²) in [5, 5.41) is 3.41. The highest BCUT2D eigenvalue weighted by molar-refractivity contribution is 9.10. The highest BCUT2D eigenvalue weighted by Crippen LogP contribution is 2.26. The molecule has 98 valence electrons. The second-order valence-electron chi connectivity index (χ2n) is 4.18. The molecule has 1 amide bonds. The quantitative estimate of drug-likeness (QED) is 0.893. The van der Waals surface area contributed by atoms with E-state index in [1.54, 1.807) is 18.2 Å². The zero-order valence-corrected chi connectivity index (χ0v) is 12.0. The van der Waals surface area contributed by atoms with Gasteiger partial charge >= 0.3 is 0 Å². The van der Waals surface area contributed by atoms with Gasteiger partial charge in [0.15, 0.2) is 0 Å². The first-order valence-corrected chi connectivity index (χ1v) is 6.88. The molecular formula is C12H14BrClN2O2. The van der Waals surface area contributed by atoms with E-state index in [-0.39, 0.29) is 12.0 Å². The molecule has 1 fully saturated rings. The van der Waals surface area contributed by atoms with Crippen molar-refractivity contribution >= 4 is 39.1 Å². The van der Waals surface area contributed by atoms with Crippen LogP contribution in [0.3, 0.4) is 0 Å². The zero-order chi connectivity index (χ0) is 13.1. The first-order valence-electron chi connectivity index (χ1n) is 5.71. The maximum Gasteiger partial charge on any atom is 0.253 e. The van der Waals surface area contributed by atoms with E-state index in [1.807, 2.05) is 0 Å². The third-order valence-corrected chi connectivity index (χ3v) is 4.06. The van der Waals surface area contributed by atoms with Crippen molar-refractivity contribution in [2.45, 2.75) is 25.0 Å². The van der Waals surface area contributed by atoms with Crippen LogP contribution in [0.4, 0.5) is 5.69 Å². The number of ether oxygens (including phenoxy) is 1. The van der Waals surface area contributed by atoms with Crippen molar-refractivity contribution in [3.63, 3.8) is 0 Å². The number of hydrogen-bond acceptors (Lipinski definition) is 3. The molecule has 2 unspecified atom stereocenters. The first-order chi connectivity index (χ1) is 8.60. The number of carbonyl (C=O) groups excluding carboxylic acids is 1. The summed E-state index contributed by atoms with van der Waals surface area (Å²) in [6.45, 7) is 0.455. The first kappa shape index (κ1) is 13.8. The Labute approximate surface area is 119 Å². The SMILES string of the molecule is NCC1CCC(C(=O)Nc2ccc(Cl)c(Br)c2)O1. The molecule has 2 rings (SSSR count). The van der Waals surface area contributed by atoms with Crippen LogP contribution in [0.2, 0.25) is 5.02 Å². The van der Waals surface area contributed by atoms with Crippen LogP contribution < -0.4 is 11.1 Å². The maximum absolute atomic E-state index is 11.9. The van der Waals surface area contributed by atoms with E-state index in [1.165, 1.54) is 0 Å². The fourth-order valence-corrected chi connectivity index (χ4v) is 2.36. The van der Waals surface area contributed by atoms with Crippen LogP contribution >= 0.6 is 27.5 Å². The molecule has 4 nitrogen and oxygen atoms in total. The second kappa shape index (κ2) is 6.02. The summed E-state index contributed by atoms with van der Waals surface area (Å²) in [6, 6.07) is 5.23. The van der Waals surface area contributed by atoms with Gasteiger partial charge in [-0.05, 0) is 47.0 Å².